The van der Waals surface area contributed by atoms with Gasteiger partial charge in [0, 0.05) is 17.3 Å². The van der Waals surface area contributed by atoms with E-state index in [9.17, 15) is 35.4 Å². The van der Waals surface area contributed by atoms with Crippen LogP contribution < -0.4 is 0 Å². The molecule has 0 aromatic rings. The van der Waals surface area contributed by atoms with Crippen LogP contribution in [0.1, 0.15) is 86.0 Å². The highest BCUT2D eigenvalue weighted by Gasteiger charge is 2.70. The minimum Gasteiger partial charge on any atom is -0.392 e. The van der Waals surface area contributed by atoms with Crippen molar-refractivity contribution in [1.82, 2.24) is 0 Å². The Bertz CT molecular complexity index is 860. The molecule has 4 aliphatic carbocycles. The van der Waals surface area contributed by atoms with Crippen LogP contribution >= 0.6 is 0 Å². The van der Waals surface area contributed by atoms with Crippen molar-refractivity contribution in [2.24, 2.45) is 28.6 Å². The molecule has 0 bridgehead atoms. The molecule has 34 heavy (non-hydrogen) atoms. The number of rotatable bonds is 5. The zero-order valence-corrected chi connectivity index (χ0v) is 21.3. The Morgan fingerprint density at radius 2 is 1.65 bits per heavy atom. The Labute approximate surface area is 202 Å². The Morgan fingerprint density at radius 1 is 1.00 bits per heavy atom. The molecule has 0 heterocycles. The van der Waals surface area contributed by atoms with E-state index in [2.05, 4.69) is 0 Å². The summed E-state index contributed by atoms with van der Waals surface area (Å²) >= 11 is 0. The molecule has 1 unspecified atom stereocenters. The van der Waals surface area contributed by atoms with Crippen LogP contribution in [0.25, 0.3) is 0 Å². The van der Waals surface area contributed by atoms with Gasteiger partial charge in [-0.3, -0.25) is 4.79 Å². The third-order valence-electron chi connectivity index (χ3n) is 10.3. The molecule has 6 N–H and O–H groups in total. The average molecular weight is 481 g/mol. The molecular formula is C27H44O7. The number of aliphatic hydroxyl groups excluding tert-OH is 3. The van der Waals surface area contributed by atoms with Crippen LogP contribution in [-0.2, 0) is 4.79 Å². The van der Waals surface area contributed by atoms with Crippen LogP contribution in [0.2, 0.25) is 0 Å². The lowest BCUT2D eigenvalue weighted by atomic mass is 9.45. The van der Waals surface area contributed by atoms with Gasteiger partial charge in [-0.25, -0.2) is 0 Å². The van der Waals surface area contributed by atoms with Crippen molar-refractivity contribution in [3.05, 3.63) is 11.6 Å². The number of hydrogen-bond donors (Lipinski definition) is 6. The first-order valence-corrected chi connectivity index (χ1v) is 12.9. The largest absolute Gasteiger partial charge is 0.392 e. The molecule has 3 saturated carbocycles. The molecule has 0 aromatic carbocycles. The first-order valence-electron chi connectivity index (χ1n) is 12.9. The van der Waals surface area contributed by atoms with Gasteiger partial charge in [0.1, 0.15) is 0 Å². The fraction of sp³-hybridized carbons (Fsp3) is 0.889. The Balaban J connectivity index is 1.69. The summed E-state index contributed by atoms with van der Waals surface area (Å²) in [4.78, 5) is 13.3. The first-order chi connectivity index (χ1) is 15.5. The van der Waals surface area contributed by atoms with Gasteiger partial charge >= 0.3 is 0 Å². The Kier molecular flexibility index (Phi) is 6.24. The van der Waals surface area contributed by atoms with E-state index in [0.717, 1.165) is 0 Å². The molecule has 0 spiro atoms. The second-order valence-corrected chi connectivity index (χ2v) is 13.3. The normalized spacial score (nSPS) is 48.4. The number of fused-ring (bicyclic) bond motifs is 5. The van der Waals surface area contributed by atoms with Crippen LogP contribution in [0.3, 0.4) is 0 Å². The van der Waals surface area contributed by atoms with Gasteiger partial charge in [0.25, 0.3) is 0 Å². The summed E-state index contributed by atoms with van der Waals surface area (Å²) in [5.41, 5.74) is -4.31. The third-order valence-corrected chi connectivity index (χ3v) is 10.3. The van der Waals surface area contributed by atoms with Gasteiger partial charge in [0.2, 0.25) is 0 Å². The standard InChI is InChI=1S/C27H44O7/c1-23(2,32)8-6-9-26(5,33)21-7-10-27(34)16-12-17(28)15-11-18(29)19(30)13-24(15,3)22(16)20(31)14-25(21,27)4/h12,15,18-22,29-34H,6-11,13-14H2,1-5H3/t15-,18+,19-,20+,21-,22?,24-,25+,26-,27+/m0/s1. The molecule has 0 aromatic heterocycles. The lowest BCUT2D eigenvalue weighted by molar-refractivity contribution is -0.184. The zero-order chi connectivity index (χ0) is 25.5. The van der Waals surface area contributed by atoms with Crippen molar-refractivity contribution < 1.29 is 35.4 Å². The van der Waals surface area contributed by atoms with Gasteiger partial charge in [-0.05, 0) is 95.1 Å². The molecule has 7 nitrogen and oxygen atoms in total. The number of aliphatic hydroxyl groups is 6. The van der Waals surface area contributed by atoms with Crippen molar-refractivity contribution in [1.29, 1.82) is 0 Å². The SMILES string of the molecule is CC(C)(O)CCC[C@](C)(O)[C@H]1CC[C@@]2(O)C3=CC(=O)[C@@H]4C[C@@H](O)[C@@H](O)C[C@]4(C)C3[C@H](O)C[C@]12C. The van der Waals surface area contributed by atoms with Crippen molar-refractivity contribution in [2.45, 2.75) is 121 Å². The third kappa shape index (κ3) is 3.82. The van der Waals surface area contributed by atoms with Crippen LogP contribution in [0, 0.1) is 28.6 Å². The zero-order valence-electron chi connectivity index (χ0n) is 21.3. The van der Waals surface area contributed by atoms with E-state index in [-0.39, 0.29) is 31.0 Å². The highest BCUT2D eigenvalue weighted by molar-refractivity contribution is 5.95. The number of carbonyl (C=O) groups excluding carboxylic acids is 1. The van der Waals surface area contributed by atoms with Crippen molar-refractivity contribution in [3.63, 3.8) is 0 Å². The van der Waals surface area contributed by atoms with E-state index in [1.807, 2.05) is 13.8 Å². The Hall–Kier alpha value is -0.830. The molecule has 0 radical (unpaired) electrons. The topological polar surface area (TPSA) is 138 Å². The van der Waals surface area contributed by atoms with Gasteiger partial charge in [-0.1, -0.05) is 13.8 Å². The van der Waals surface area contributed by atoms with Crippen LogP contribution in [0.5, 0.6) is 0 Å². The quantitative estimate of drug-likeness (QED) is 0.353. The summed E-state index contributed by atoms with van der Waals surface area (Å²) < 4.78 is 0. The van der Waals surface area contributed by atoms with Crippen molar-refractivity contribution in [3.8, 4) is 0 Å². The molecule has 7 heteroatoms. The lowest BCUT2D eigenvalue weighted by Gasteiger charge is -2.62. The maximum Gasteiger partial charge on any atom is 0.159 e. The molecule has 4 rings (SSSR count). The number of ketones is 1. The monoisotopic (exact) mass is 480 g/mol. The summed E-state index contributed by atoms with van der Waals surface area (Å²) in [6, 6.07) is 0. The maximum absolute atomic E-state index is 13.3. The summed E-state index contributed by atoms with van der Waals surface area (Å²) in [5.74, 6) is -1.45. The smallest absolute Gasteiger partial charge is 0.159 e. The minimum absolute atomic E-state index is 0.151. The van der Waals surface area contributed by atoms with Crippen LogP contribution in [-0.4, -0.2) is 71.5 Å². The molecule has 0 saturated heterocycles. The lowest BCUT2D eigenvalue weighted by Crippen LogP contribution is -2.65. The minimum atomic E-state index is -1.34. The number of hydrogen-bond acceptors (Lipinski definition) is 7. The Morgan fingerprint density at radius 3 is 2.26 bits per heavy atom. The van der Waals surface area contributed by atoms with E-state index in [1.165, 1.54) is 6.08 Å². The van der Waals surface area contributed by atoms with E-state index in [4.69, 9.17) is 0 Å². The predicted molar refractivity (Wildman–Crippen MR) is 127 cm³/mol. The van der Waals surface area contributed by atoms with Crippen LogP contribution in [0.15, 0.2) is 11.6 Å². The molecule has 10 atom stereocenters. The van der Waals surface area contributed by atoms with Crippen LogP contribution in [0.4, 0.5) is 0 Å². The van der Waals surface area contributed by atoms with Gasteiger partial charge in [-0.15, -0.1) is 0 Å². The van der Waals surface area contributed by atoms with E-state index in [1.54, 1.807) is 20.8 Å². The number of carbonyl (C=O) groups is 1. The van der Waals surface area contributed by atoms with Crippen molar-refractivity contribution in [2.75, 3.05) is 0 Å². The van der Waals surface area contributed by atoms with Gasteiger partial charge in [0.05, 0.1) is 35.1 Å². The first kappa shape index (κ1) is 26.2. The summed E-state index contributed by atoms with van der Waals surface area (Å²) in [6.45, 7) is 9.10. The van der Waals surface area contributed by atoms with E-state index >= 15 is 0 Å². The predicted octanol–water partition coefficient (Wildman–Crippen LogP) is 1.85. The van der Waals surface area contributed by atoms with E-state index < -0.39 is 57.8 Å². The van der Waals surface area contributed by atoms with Gasteiger partial charge in [0.15, 0.2) is 5.78 Å². The van der Waals surface area contributed by atoms with Crippen molar-refractivity contribution >= 4 is 5.78 Å². The second kappa shape index (κ2) is 8.09. The molecular weight excluding hydrogens is 436 g/mol. The van der Waals surface area contributed by atoms with Gasteiger partial charge < -0.3 is 30.6 Å². The summed E-state index contributed by atoms with van der Waals surface area (Å²) in [6.07, 6.45) is 1.95. The summed E-state index contributed by atoms with van der Waals surface area (Å²) in [7, 11) is 0. The average Bonchev–Trinajstić information content (AvgIpc) is 2.94. The maximum atomic E-state index is 13.3. The molecule has 0 aliphatic heterocycles. The second-order valence-electron chi connectivity index (χ2n) is 13.3. The molecule has 0 amide bonds. The highest BCUT2D eigenvalue weighted by Crippen LogP contribution is 2.68. The van der Waals surface area contributed by atoms with E-state index in [0.29, 0.717) is 37.7 Å². The molecule has 4 aliphatic rings. The van der Waals surface area contributed by atoms with Gasteiger partial charge in [-0.2, -0.15) is 0 Å². The fourth-order valence-corrected chi connectivity index (χ4v) is 8.54. The highest BCUT2D eigenvalue weighted by atomic mass is 16.3. The molecule has 194 valence electrons. The fourth-order valence-electron chi connectivity index (χ4n) is 8.54. The summed E-state index contributed by atoms with van der Waals surface area (Å²) in [5, 5.41) is 66.0. The molecule has 3 fully saturated rings. The number of allylic oxidation sites excluding steroid dienone is 1.